The maximum Gasteiger partial charge on any atom is 0.307 e. The molecule has 2 unspecified atom stereocenters. The van der Waals surface area contributed by atoms with Gasteiger partial charge in [-0.1, -0.05) is 23.7 Å². The van der Waals surface area contributed by atoms with E-state index in [1.807, 2.05) is 0 Å². The number of halogens is 1. The highest BCUT2D eigenvalue weighted by molar-refractivity contribution is 7.91. The van der Waals surface area contributed by atoms with Gasteiger partial charge in [0, 0.05) is 10.9 Å². The number of carboxylic acid groups (broad SMARTS) is 1. The van der Waals surface area contributed by atoms with E-state index in [2.05, 4.69) is 0 Å². The molecule has 0 amide bonds. The largest absolute Gasteiger partial charge is 0.481 e. The van der Waals surface area contributed by atoms with Gasteiger partial charge in [-0.25, -0.2) is 8.42 Å². The maximum absolute atomic E-state index is 11.7. The summed E-state index contributed by atoms with van der Waals surface area (Å²) in [5.74, 6) is -2.30. The third-order valence-electron chi connectivity index (χ3n) is 3.25. The van der Waals surface area contributed by atoms with Gasteiger partial charge in [-0.05, 0) is 24.1 Å². The molecule has 1 aromatic rings. The molecule has 2 atom stereocenters. The van der Waals surface area contributed by atoms with Gasteiger partial charge in [-0.2, -0.15) is 0 Å². The predicted molar refractivity (Wildman–Crippen MR) is 68.6 cm³/mol. The van der Waals surface area contributed by atoms with Gasteiger partial charge in [-0.3, -0.25) is 4.79 Å². The van der Waals surface area contributed by atoms with Gasteiger partial charge in [0.05, 0.1) is 17.4 Å². The van der Waals surface area contributed by atoms with Crippen LogP contribution >= 0.6 is 11.6 Å². The highest BCUT2D eigenvalue weighted by atomic mass is 35.5. The Morgan fingerprint density at radius 2 is 2.11 bits per heavy atom. The molecule has 1 aliphatic rings. The molecular formula is C12H13ClO4S. The van der Waals surface area contributed by atoms with E-state index in [9.17, 15) is 18.3 Å². The molecule has 0 saturated carbocycles. The molecule has 1 heterocycles. The molecular weight excluding hydrogens is 276 g/mol. The fourth-order valence-electron chi connectivity index (χ4n) is 2.34. The summed E-state index contributed by atoms with van der Waals surface area (Å²) in [6.07, 6.45) is 0.162. The molecule has 1 N–H and O–H groups in total. The Hall–Kier alpha value is -1.07. The second-order valence-corrected chi connectivity index (χ2v) is 7.17. The van der Waals surface area contributed by atoms with Gasteiger partial charge in [0.15, 0.2) is 9.84 Å². The minimum absolute atomic E-state index is 0.0545. The van der Waals surface area contributed by atoms with E-state index in [0.29, 0.717) is 10.6 Å². The molecule has 1 saturated heterocycles. The lowest BCUT2D eigenvalue weighted by Crippen LogP contribution is -2.35. The second-order valence-electron chi connectivity index (χ2n) is 4.51. The van der Waals surface area contributed by atoms with Crippen molar-refractivity contribution in [2.24, 2.45) is 5.92 Å². The normalized spacial score (nSPS) is 26.7. The first kappa shape index (κ1) is 13.4. The lowest BCUT2D eigenvalue weighted by atomic mass is 9.85. The number of carbonyl (C=O) groups is 1. The Morgan fingerprint density at radius 1 is 1.39 bits per heavy atom. The quantitative estimate of drug-likeness (QED) is 0.903. The molecule has 1 aliphatic heterocycles. The zero-order chi connectivity index (χ0) is 13.3. The van der Waals surface area contributed by atoms with E-state index in [4.69, 9.17) is 11.6 Å². The molecule has 18 heavy (non-hydrogen) atoms. The third-order valence-corrected chi connectivity index (χ3v) is 5.21. The number of carboxylic acids is 1. The van der Waals surface area contributed by atoms with E-state index in [1.54, 1.807) is 24.3 Å². The van der Waals surface area contributed by atoms with Crippen molar-refractivity contribution in [2.45, 2.75) is 12.3 Å². The first-order valence-corrected chi connectivity index (χ1v) is 7.78. The summed E-state index contributed by atoms with van der Waals surface area (Å²) in [6, 6.07) is 6.76. The highest BCUT2D eigenvalue weighted by Crippen LogP contribution is 2.34. The molecule has 0 aromatic heterocycles. The van der Waals surface area contributed by atoms with Crippen LogP contribution in [0.4, 0.5) is 0 Å². The molecule has 2 rings (SSSR count). The molecule has 0 aliphatic carbocycles. The van der Waals surface area contributed by atoms with Crippen LogP contribution in [0, 0.1) is 5.92 Å². The zero-order valence-electron chi connectivity index (χ0n) is 9.54. The first-order valence-electron chi connectivity index (χ1n) is 5.58. The average molecular weight is 289 g/mol. The average Bonchev–Trinajstić information content (AvgIpc) is 2.27. The maximum atomic E-state index is 11.7. The summed E-state index contributed by atoms with van der Waals surface area (Å²) >= 11 is 5.87. The van der Waals surface area contributed by atoms with E-state index >= 15 is 0 Å². The number of aliphatic carboxylic acids is 1. The molecule has 98 valence electrons. The van der Waals surface area contributed by atoms with Crippen molar-refractivity contribution in [1.82, 2.24) is 0 Å². The van der Waals surface area contributed by atoms with Crippen molar-refractivity contribution in [3.63, 3.8) is 0 Å². The first-order chi connectivity index (χ1) is 8.39. The summed E-state index contributed by atoms with van der Waals surface area (Å²) < 4.78 is 23.3. The Balaban J connectivity index is 2.39. The smallest absolute Gasteiger partial charge is 0.307 e. The summed E-state index contributed by atoms with van der Waals surface area (Å²) in [6.45, 7) is 0. The Bertz CT molecular complexity index is 567. The molecule has 1 aromatic carbocycles. The van der Waals surface area contributed by atoms with E-state index in [-0.39, 0.29) is 17.9 Å². The topological polar surface area (TPSA) is 71.4 Å². The van der Waals surface area contributed by atoms with E-state index < -0.39 is 27.6 Å². The van der Waals surface area contributed by atoms with Crippen LogP contribution in [0.1, 0.15) is 17.9 Å². The lowest BCUT2D eigenvalue weighted by Gasteiger charge is -2.28. The molecule has 0 bridgehead atoms. The number of benzene rings is 1. The summed E-state index contributed by atoms with van der Waals surface area (Å²) in [5.41, 5.74) is 0.679. The second kappa shape index (κ2) is 4.90. The fraction of sp³-hybridized carbons (Fsp3) is 0.417. The molecule has 1 fully saturated rings. The molecule has 0 radical (unpaired) electrons. The number of hydrogen-bond donors (Lipinski definition) is 1. The van der Waals surface area contributed by atoms with Crippen LogP contribution in [0.5, 0.6) is 0 Å². The predicted octanol–water partition coefficient (Wildman–Crippen LogP) is 1.94. The molecule has 0 spiro atoms. The number of sulfone groups is 1. The van der Waals surface area contributed by atoms with Crippen LogP contribution in [0.25, 0.3) is 0 Å². The minimum Gasteiger partial charge on any atom is -0.481 e. The van der Waals surface area contributed by atoms with E-state index in [0.717, 1.165) is 0 Å². The van der Waals surface area contributed by atoms with Gasteiger partial charge in [-0.15, -0.1) is 0 Å². The monoisotopic (exact) mass is 288 g/mol. The van der Waals surface area contributed by atoms with Crippen LogP contribution in [0.2, 0.25) is 5.02 Å². The van der Waals surface area contributed by atoms with Gasteiger partial charge >= 0.3 is 5.97 Å². The van der Waals surface area contributed by atoms with Crippen LogP contribution in [0.15, 0.2) is 24.3 Å². The van der Waals surface area contributed by atoms with Crippen molar-refractivity contribution in [3.05, 3.63) is 34.9 Å². The lowest BCUT2D eigenvalue weighted by molar-refractivity contribution is -0.142. The SMILES string of the molecule is O=C(O)C1CCS(=O)(=O)CC1c1cccc(Cl)c1. The van der Waals surface area contributed by atoms with Crippen molar-refractivity contribution in [3.8, 4) is 0 Å². The Morgan fingerprint density at radius 3 is 2.72 bits per heavy atom. The Kier molecular flexibility index (Phi) is 3.64. The highest BCUT2D eigenvalue weighted by Gasteiger charge is 2.38. The van der Waals surface area contributed by atoms with Gasteiger partial charge in [0.2, 0.25) is 0 Å². The standard InChI is InChI=1S/C12H13ClO4S/c13-9-3-1-2-8(6-9)11-7-18(16,17)5-4-10(11)12(14)15/h1-3,6,10-11H,4-5,7H2,(H,14,15). The van der Waals surface area contributed by atoms with Crippen molar-refractivity contribution < 1.29 is 18.3 Å². The minimum atomic E-state index is -3.17. The third kappa shape index (κ3) is 2.84. The zero-order valence-corrected chi connectivity index (χ0v) is 11.1. The molecule has 4 nitrogen and oxygen atoms in total. The number of rotatable bonds is 2. The van der Waals surface area contributed by atoms with Crippen molar-refractivity contribution in [2.75, 3.05) is 11.5 Å². The summed E-state index contributed by atoms with van der Waals surface area (Å²) in [7, 11) is -3.17. The van der Waals surface area contributed by atoms with Crippen LogP contribution in [-0.2, 0) is 14.6 Å². The van der Waals surface area contributed by atoms with Crippen LogP contribution in [-0.4, -0.2) is 31.0 Å². The van der Waals surface area contributed by atoms with Crippen LogP contribution < -0.4 is 0 Å². The van der Waals surface area contributed by atoms with Crippen LogP contribution in [0.3, 0.4) is 0 Å². The van der Waals surface area contributed by atoms with Crippen molar-refractivity contribution >= 4 is 27.4 Å². The summed E-state index contributed by atoms with van der Waals surface area (Å²) in [5, 5.41) is 9.67. The van der Waals surface area contributed by atoms with Gasteiger partial charge in [0.25, 0.3) is 0 Å². The van der Waals surface area contributed by atoms with E-state index in [1.165, 1.54) is 0 Å². The number of hydrogen-bond acceptors (Lipinski definition) is 3. The van der Waals surface area contributed by atoms with Gasteiger partial charge in [0.1, 0.15) is 0 Å². The Labute approximate surface area is 110 Å². The van der Waals surface area contributed by atoms with Gasteiger partial charge < -0.3 is 5.11 Å². The van der Waals surface area contributed by atoms with Crippen molar-refractivity contribution in [1.29, 1.82) is 0 Å². The molecule has 6 heteroatoms. The summed E-state index contributed by atoms with van der Waals surface area (Å²) in [4.78, 5) is 11.2. The fourth-order valence-corrected chi connectivity index (χ4v) is 4.29.